The van der Waals surface area contributed by atoms with Crippen molar-refractivity contribution in [2.24, 2.45) is 5.92 Å². The summed E-state index contributed by atoms with van der Waals surface area (Å²) < 4.78 is 6.61. The lowest BCUT2D eigenvalue weighted by Gasteiger charge is -2.34. The third-order valence-corrected chi connectivity index (χ3v) is 7.81. The molecule has 1 saturated carbocycles. The van der Waals surface area contributed by atoms with Gasteiger partial charge in [0.2, 0.25) is 5.91 Å². The van der Waals surface area contributed by atoms with Crippen LogP contribution < -0.4 is 15.4 Å². The number of nitrogens with zero attached hydrogens (tertiary/aromatic N) is 3. The van der Waals surface area contributed by atoms with E-state index in [1.54, 1.807) is 17.3 Å². The number of nitrogens with one attached hydrogen (secondary N) is 2. The van der Waals surface area contributed by atoms with Gasteiger partial charge in [0.15, 0.2) is 0 Å². The number of urea groups is 1. The number of hydrogen-bond acceptors (Lipinski definition) is 6. The number of anilines is 1. The van der Waals surface area contributed by atoms with E-state index in [0.717, 1.165) is 43.4 Å². The number of ether oxygens (including phenoxy) is 1. The van der Waals surface area contributed by atoms with Gasteiger partial charge < -0.3 is 25.4 Å². The van der Waals surface area contributed by atoms with Gasteiger partial charge in [-0.25, -0.2) is 4.79 Å². The molecule has 0 unspecified atom stereocenters. The summed E-state index contributed by atoms with van der Waals surface area (Å²) >= 11 is 0. The molecule has 1 aromatic carbocycles. The molecule has 0 saturated heterocycles. The van der Waals surface area contributed by atoms with E-state index >= 15 is 0 Å². The van der Waals surface area contributed by atoms with Crippen LogP contribution in [0.5, 0.6) is 5.75 Å². The van der Waals surface area contributed by atoms with Gasteiger partial charge in [-0.2, -0.15) is 0 Å². The van der Waals surface area contributed by atoms with Crippen LogP contribution in [0.4, 0.5) is 10.5 Å². The van der Waals surface area contributed by atoms with Crippen molar-refractivity contribution in [2.75, 3.05) is 32.1 Å². The van der Waals surface area contributed by atoms with Crippen LogP contribution in [0.15, 0.2) is 42.7 Å². The van der Waals surface area contributed by atoms with Crippen molar-refractivity contribution in [3.8, 4) is 5.75 Å². The van der Waals surface area contributed by atoms with Crippen LogP contribution in [-0.4, -0.2) is 76.8 Å². The Bertz CT molecular complexity index is 1090. The summed E-state index contributed by atoms with van der Waals surface area (Å²) in [7, 11) is 2.06. The van der Waals surface area contributed by atoms with Gasteiger partial charge in [0.25, 0.3) is 0 Å². The minimum Gasteiger partial charge on any atom is -0.488 e. The predicted molar refractivity (Wildman–Crippen MR) is 152 cm³/mol. The largest absolute Gasteiger partial charge is 0.488 e. The summed E-state index contributed by atoms with van der Waals surface area (Å²) in [6, 6.07) is 9.20. The maximum atomic E-state index is 13.4. The summed E-state index contributed by atoms with van der Waals surface area (Å²) in [5.74, 6) is 0.602. The van der Waals surface area contributed by atoms with Gasteiger partial charge in [-0.15, -0.1) is 0 Å². The molecule has 3 amide bonds. The first kappa shape index (κ1) is 28.8. The van der Waals surface area contributed by atoms with Crippen LogP contribution in [0.25, 0.3) is 0 Å². The van der Waals surface area contributed by atoms with E-state index in [1.807, 2.05) is 37.3 Å². The number of amides is 3. The fourth-order valence-electron chi connectivity index (χ4n) is 5.50. The van der Waals surface area contributed by atoms with Crippen molar-refractivity contribution in [1.29, 1.82) is 0 Å². The molecule has 2 heterocycles. The lowest BCUT2D eigenvalue weighted by Crippen LogP contribution is -2.47. The van der Waals surface area contributed by atoms with Crippen LogP contribution in [0.3, 0.4) is 0 Å². The van der Waals surface area contributed by atoms with E-state index in [-0.39, 0.29) is 49.1 Å². The van der Waals surface area contributed by atoms with Crippen molar-refractivity contribution >= 4 is 17.6 Å². The Morgan fingerprint density at radius 3 is 2.67 bits per heavy atom. The molecule has 9 nitrogen and oxygen atoms in total. The minimum atomic E-state index is -0.306. The van der Waals surface area contributed by atoms with Gasteiger partial charge in [-0.1, -0.05) is 26.2 Å². The Hall–Kier alpha value is -3.17. The molecule has 3 N–H and O–H groups in total. The zero-order chi connectivity index (χ0) is 27.8. The molecule has 2 aromatic rings. The van der Waals surface area contributed by atoms with Crippen molar-refractivity contribution in [3.63, 3.8) is 0 Å². The minimum absolute atomic E-state index is 0.0212. The van der Waals surface area contributed by atoms with Crippen molar-refractivity contribution in [3.05, 3.63) is 53.9 Å². The van der Waals surface area contributed by atoms with Crippen molar-refractivity contribution < 1.29 is 19.4 Å². The number of aliphatic hydroxyl groups excluding tert-OH is 1. The number of rotatable bonds is 8. The molecule has 3 atom stereocenters. The lowest BCUT2D eigenvalue weighted by atomic mass is 9.96. The van der Waals surface area contributed by atoms with Crippen LogP contribution in [0.2, 0.25) is 0 Å². The Balaban J connectivity index is 1.53. The van der Waals surface area contributed by atoms with Crippen LogP contribution in [0, 0.1) is 5.92 Å². The molecule has 0 spiro atoms. The molecule has 212 valence electrons. The topological polar surface area (TPSA) is 107 Å². The molecular weight excluding hydrogens is 494 g/mol. The second kappa shape index (κ2) is 13.8. The summed E-state index contributed by atoms with van der Waals surface area (Å²) in [6.45, 7) is 5.73. The smallest absolute Gasteiger partial charge is 0.319 e. The second-order valence-electron chi connectivity index (χ2n) is 11.2. The number of hydrogen-bond donors (Lipinski definition) is 3. The fraction of sp³-hybridized carbons (Fsp3) is 0.567. The Labute approximate surface area is 231 Å². The predicted octanol–water partition coefficient (Wildman–Crippen LogP) is 3.82. The highest BCUT2D eigenvalue weighted by molar-refractivity contribution is 5.90. The molecule has 1 aliphatic heterocycles. The Morgan fingerprint density at radius 2 is 1.95 bits per heavy atom. The first-order chi connectivity index (χ1) is 18.8. The van der Waals surface area contributed by atoms with E-state index in [4.69, 9.17) is 4.74 Å². The highest BCUT2D eigenvalue weighted by atomic mass is 16.5. The lowest BCUT2D eigenvalue weighted by molar-refractivity contribution is -0.134. The van der Waals surface area contributed by atoms with E-state index in [2.05, 4.69) is 34.5 Å². The number of pyridine rings is 1. The number of fused-ring (bicyclic) bond motifs is 1. The van der Waals surface area contributed by atoms with E-state index < -0.39 is 0 Å². The van der Waals surface area contributed by atoms with Crippen LogP contribution in [0.1, 0.15) is 57.1 Å². The summed E-state index contributed by atoms with van der Waals surface area (Å²) in [4.78, 5) is 34.2. The average Bonchev–Trinajstić information content (AvgIpc) is 2.97. The fourth-order valence-corrected chi connectivity index (χ4v) is 5.50. The number of carbonyl (C=O) groups is 2. The first-order valence-corrected chi connectivity index (χ1v) is 14.2. The van der Waals surface area contributed by atoms with E-state index in [1.165, 1.54) is 6.42 Å². The van der Waals surface area contributed by atoms with E-state index in [0.29, 0.717) is 24.5 Å². The Kier molecular flexibility index (Phi) is 10.2. The average molecular weight is 538 g/mol. The molecule has 2 aliphatic rings. The zero-order valence-electron chi connectivity index (χ0n) is 23.4. The second-order valence-corrected chi connectivity index (χ2v) is 11.2. The number of aliphatic hydroxyl groups is 1. The molecule has 39 heavy (non-hydrogen) atoms. The zero-order valence-corrected chi connectivity index (χ0v) is 23.4. The van der Waals surface area contributed by atoms with Gasteiger partial charge in [-0.3, -0.25) is 14.7 Å². The SMILES string of the molecule is C[C@@H]1CN([C@@H](C)CO)C(=O)Cc2cc(NC(=O)NC3CCCCC3)ccc2O[C@H]1CN(C)Cc1ccncc1. The Morgan fingerprint density at radius 1 is 1.21 bits per heavy atom. The number of benzene rings is 1. The molecule has 1 aromatic heterocycles. The first-order valence-electron chi connectivity index (χ1n) is 14.2. The molecule has 1 fully saturated rings. The van der Waals surface area contributed by atoms with Gasteiger partial charge in [-0.05, 0) is 62.7 Å². The van der Waals surface area contributed by atoms with Gasteiger partial charge in [0, 0.05) is 55.2 Å². The molecule has 1 aliphatic carbocycles. The van der Waals surface area contributed by atoms with Crippen molar-refractivity contribution in [1.82, 2.24) is 20.1 Å². The molecule has 0 radical (unpaired) electrons. The third kappa shape index (κ3) is 8.16. The number of likely N-dealkylation sites (N-methyl/N-ethyl adjacent to an activating group) is 1. The normalized spacial score (nSPS) is 21.3. The monoisotopic (exact) mass is 537 g/mol. The standard InChI is InChI=1S/C30H43N5O4/c1-21-17-35(22(2)20-36)29(37)16-24-15-26(33-30(38)32-25-7-5-4-6-8-25)9-10-27(24)39-28(21)19-34(3)18-23-11-13-31-14-12-23/h9-15,21-22,25,28,36H,4-8,16-20H2,1-3H3,(H2,32,33,38)/t21-,22+,28+/m1/s1. The third-order valence-electron chi connectivity index (χ3n) is 7.81. The van der Waals surface area contributed by atoms with Gasteiger partial charge in [0.05, 0.1) is 19.1 Å². The maximum Gasteiger partial charge on any atom is 0.319 e. The van der Waals surface area contributed by atoms with Gasteiger partial charge in [0.1, 0.15) is 11.9 Å². The van der Waals surface area contributed by atoms with Crippen LogP contribution >= 0.6 is 0 Å². The molecule has 0 bridgehead atoms. The van der Waals surface area contributed by atoms with Crippen molar-refractivity contribution in [2.45, 2.75) is 77.1 Å². The van der Waals surface area contributed by atoms with E-state index in [9.17, 15) is 14.7 Å². The highest BCUT2D eigenvalue weighted by Crippen LogP contribution is 2.29. The molecule has 4 rings (SSSR count). The molecule has 9 heteroatoms. The number of aromatic nitrogens is 1. The van der Waals surface area contributed by atoms with Gasteiger partial charge >= 0.3 is 6.03 Å². The highest BCUT2D eigenvalue weighted by Gasteiger charge is 2.31. The summed E-state index contributed by atoms with van der Waals surface area (Å²) in [6.07, 6.45) is 9.05. The van der Waals surface area contributed by atoms with Crippen LogP contribution in [-0.2, 0) is 17.8 Å². The molecular formula is C30H43N5O4. The maximum absolute atomic E-state index is 13.4. The summed E-state index contributed by atoms with van der Waals surface area (Å²) in [5, 5.41) is 15.9. The quantitative estimate of drug-likeness (QED) is 0.473. The summed E-state index contributed by atoms with van der Waals surface area (Å²) in [5.41, 5.74) is 2.51. The number of carbonyl (C=O) groups excluding carboxylic acids is 2.